The summed E-state index contributed by atoms with van der Waals surface area (Å²) >= 11 is 8.92. The van der Waals surface area contributed by atoms with Crippen LogP contribution in [0.3, 0.4) is 0 Å². The van der Waals surface area contributed by atoms with Gasteiger partial charge in [0.2, 0.25) is 0 Å². The number of hydrogen-bond donors (Lipinski definition) is 2. The highest BCUT2D eigenvalue weighted by molar-refractivity contribution is 9.10. The van der Waals surface area contributed by atoms with Crippen molar-refractivity contribution in [1.29, 1.82) is 0 Å². The minimum Gasteiger partial charge on any atom is -0.398 e. The first kappa shape index (κ1) is 15.3. The third-order valence-electron chi connectivity index (χ3n) is 2.66. The van der Waals surface area contributed by atoms with E-state index in [4.69, 9.17) is 17.3 Å². The Kier molecular flexibility index (Phi) is 4.44. The maximum absolute atomic E-state index is 12.1. The molecule has 0 saturated carbocycles. The van der Waals surface area contributed by atoms with Crippen LogP contribution in [0.2, 0.25) is 5.02 Å². The molecule has 0 atom stereocenters. The molecule has 0 heterocycles. The average Bonchev–Trinajstić information content (AvgIpc) is 2.43. The molecule has 0 fully saturated rings. The van der Waals surface area contributed by atoms with E-state index >= 15 is 0 Å². The van der Waals surface area contributed by atoms with Crippen molar-refractivity contribution < 1.29 is 9.72 Å². The Labute approximate surface area is 133 Å². The number of hydrogen-bond acceptors (Lipinski definition) is 4. The highest BCUT2D eigenvalue weighted by Crippen LogP contribution is 2.28. The van der Waals surface area contributed by atoms with Gasteiger partial charge in [0.1, 0.15) is 5.69 Å². The zero-order valence-electron chi connectivity index (χ0n) is 10.5. The van der Waals surface area contributed by atoms with Crippen LogP contribution in [0.25, 0.3) is 0 Å². The molecule has 0 aliphatic carbocycles. The highest BCUT2D eigenvalue weighted by atomic mass is 79.9. The molecule has 0 aliphatic heterocycles. The van der Waals surface area contributed by atoms with Gasteiger partial charge < -0.3 is 11.1 Å². The van der Waals surface area contributed by atoms with E-state index in [1.165, 1.54) is 30.3 Å². The summed E-state index contributed by atoms with van der Waals surface area (Å²) in [6, 6.07) is 8.73. The van der Waals surface area contributed by atoms with Crippen molar-refractivity contribution in [1.82, 2.24) is 0 Å². The Bertz CT molecular complexity index is 737. The van der Waals surface area contributed by atoms with E-state index in [9.17, 15) is 14.9 Å². The van der Waals surface area contributed by atoms with Gasteiger partial charge in [0.15, 0.2) is 0 Å². The average molecular weight is 371 g/mol. The summed E-state index contributed by atoms with van der Waals surface area (Å²) in [5, 5.41) is 13.8. The fourth-order valence-corrected chi connectivity index (χ4v) is 2.11. The topological polar surface area (TPSA) is 98.3 Å². The van der Waals surface area contributed by atoms with Crippen LogP contribution >= 0.6 is 27.5 Å². The number of nitrogens with one attached hydrogen (secondary N) is 1. The quantitative estimate of drug-likeness (QED) is 0.487. The summed E-state index contributed by atoms with van der Waals surface area (Å²) < 4.78 is 0.544. The summed E-state index contributed by atoms with van der Waals surface area (Å²) in [5.41, 5.74) is 6.03. The van der Waals surface area contributed by atoms with E-state index in [1.54, 1.807) is 6.07 Å². The first-order valence-electron chi connectivity index (χ1n) is 5.69. The molecule has 1 amide bonds. The smallest absolute Gasteiger partial charge is 0.293 e. The molecule has 2 aromatic rings. The van der Waals surface area contributed by atoms with Crippen molar-refractivity contribution in [2.45, 2.75) is 0 Å². The predicted octanol–water partition coefficient (Wildman–Crippen LogP) is 3.85. The lowest BCUT2D eigenvalue weighted by Crippen LogP contribution is -2.13. The molecule has 3 N–H and O–H groups in total. The van der Waals surface area contributed by atoms with Gasteiger partial charge in [-0.3, -0.25) is 14.9 Å². The number of amides is 1. The molecule has 2 rings (SSSR count). The molecule has 0 radical (unpaired) electrons. The summed E-state index contributed by atoms with van der Waals surface area (Å²) in [4.78, 5) is 22.5. The molecule has 0 bridgehead atoms. The molecule has 0 unspecified atom stereocenters. The number of nitrogen functional groups attached to an aromatic ring is 1. The van der Waals surface area contributed by atoms with Crippen LogP contribution in [-0.4, -0.2) is 10.8 Å². The lowest BCUT2D eigenvalue weighted by atomic mass is 10.2. The number of benzene rings is 2. The zero-order valence-corrected chi connectivity index (χ0v) is 12.8. The molecule has 21 heavy (non-hydrogen) atoms. The van der Waals surface area contributed by atoms with Gasteiger partial charge in [0, 0.05) is 16.1 Å². The maximum Gasteiger partial charge on any atom is 0.293 e. The lowest BCUT2D eigenvalue weighted by molar-refractivity contribution is -0.384. The summed E-state index contributed by atoms with van der Waals surface area (Å²) in [7, 11) is 0. The molecule has 0 spiro atoms. The largest absolute Gasteiger partial charge is 0.398 e. The Balaban J connectivity index is 2.31. The Hall–Kier alpha value is -2.12. The second-order valence-electron chi connectivity index (χ2n) is 4.11. The van der Waals surface area contributed by atoms with Gasteiger partial charge in [-0.2, -0.15) is 0 Å². The highest BCUT2D eigenvalue weighted by Gasteiger charge is 2.17. The molecule has 108 valence electrons. The summed E-state index contributed by atoms with van der Waals surface area (Å²) in [6.45, 7) is 0. The number of carbonyl (C=O) groups is 1. The number of nitro groups is 1. The van der Waals surface area contributed by atoms with E-state index in [1.807, 2.05) is 0 Å². The van der Waals surface area contributed by atoms with Gasteiger partial charge in [-0.05, 0) is 30.3 Å². The number of rotatable bonds is 3. The van der Waals surface area contributed by atoms with Gasteiger partial charge in [-0.1, -0.05) is 27.5 Å². The fraction of sp³-hybridized carbons (Fsp3) is 0. The third-order valence-corrected chi connectivity index (χ3v) is 3.50. The number of halogens is 2. The first-order chi connectivity index (χ1) is 9.88. The molecule has 0 aliphatic rings. The minimum absolute atomic E-state index is 0.0988. The van der Waals surface area contributed by atoms with Gasteiger partial charge in [0.25, 0.3) is 11.6 Å². The molecular weight excluding hydrogens is 362 g/mol. The van der Waals surface area contributed by atoms with Crippen molar-refractivity contribution in [2.24, 2.45) is 0 Å². The maximum atomic E-state index is 12.1. The van der Waals surface area contributed by atoms with Crippen LogP contribution in [0.4, 0.5) is 17.1 Å². The van der Waals surface area contributed by atoms with Crippen molar-refractivity contribution in [3.8, 4) is 0 Å². The number of nitrogens with two attached hydrogens (primary N) is 1. The van der Waals surface area contributed by atoms with Crippen molar-refractivity contribution in [3.63, 3.8) is 0 Å². The summed E-state index contributed by atoms with van der Waals surface area (Å²) in [6.07, 6.45) is 0. The SMILES string of the molecule is Nc1cc(C(=O)Nc2ccc(Br)cc2[N+](=O)[O-])ccc1Cl. The van der Waals surface area contributed by atoms with E-state index in [0.29, 0.717) is 9.50 Å². The first-order valence-corrected chi connectivity index (χ1v) is 6.86. The zero-order chi connectivity index (χ0) is 15.6. The van der Waals surface area contributed by atoms with E-state index in [2.05, 4.69) is 21.2 Å². The fourth-order valence-electron chi connectivity index (χ4n) is 1.64. The van der Waals surface area contributed by atoms with Gasteiger partial charge in [-0.15, -0.1) is 0 Å². The molecule has 0 saturated heterocycles. The van der Waals surface area contributed by atoms with Gasteiger partial charge in [0.05, 0.1) is 15.6 Å². The Morgan fingerprint density at radius 3 is 2.62 bits per heavy atom. The minimum atomic E-state index is -0.573. The van der Waals surface area contributed by atoms with Crippen LogP contribution in [0, 0.1) is 10.1 Å². The van der Waals surface area contributed by atoms with Crippen LogP contribution in [0.5, 0.6) is 0 Å². The molecular formula is C13H9BrClN3O3. The molecule has 2 aromatic carbocycles. The second kappa shape index (κ2) is 6.11. The molecule has 0 aromatic heterocycles. The van der Waals surface area contributed by atoms with E-state index in [0.717, 1.165) is 0 Å². The number of anilines is 2. The van der Waals surface area contributed by atoms with Crippen LogP contribution in [0.1, 0.15) is 10.4 Å². The van der Waals surface area contributed by atoms with Crippen molar-refractivity contribution >= 4 is 50.5 Å². The van der Waals surface area contributed by atoms with Crippen molar-refractivity contribution in [2.75, 3.05) is 11.1 Å². The van der Waals surface area contributed by atoms with E-state index < -0.39 is 10.8 Å². The Morgan fingerprint density at radius 2 is 2.00 bits per heavy atom. The lowest BCUT2D eigenvalue weighted by Gasteiger charge is -2.07. The third kappa shape index (κ3) is 3.50. The normalized spacial score (nSPS) is 10.2. The second-order valence-corrected chi connectivity index (χ2v) is 5.43. The van der Waals surface area contributed by atoms with Crippen molar-refractivity contribution in [3.05, 3.63) is 61.6 Å². The van der Waals surface area contributed by atoms with Gasteiger partial charge >= 0.3 is 0 Å². The number of carbonyl (C=O) groups excluding carboxylic acids is 1. The number of nitro benzene ring substituents is 1. The Morgan fingerprint density at radius 1 is 1.29 bits per heavy atom. The van der Waals surface area contributed by atoms with Crippen LogP contribution in [0.15, 0.2) is 40.9 Å². The number of nitrogens with zero attached hydrogens (tertiary/aromatic N) is 1. The van der Waals surface area contributed by atoms with E-state index in [-0.39, 0.29) is 22.6 Å². The monoisotopic (exact) mass is 369 g/mol. The van der Waals surface area contributed by atoms with Crippen LogP contribution in [-0.2, 0) is 0 Å². The molecule has 8 heteroatoms. The standard InChI is InChI=1S/C13H9BrClN3O3/c14-8-2-4-11(12(6-8)18(20)21)17-13(19)7-1-3-9(15)10(16)5-7/h1-6H,16H2,(H,17,19). The van der Waals surface area contributed by atoms with Gasteiger partial charge in [-0.25, -0.2) is 0 Å². The summed E-state index contributed by atoms with van der Waals surface area (Å²) in [5.74, 6) is -0.510. The molecule has 6 nitrogen and oxygen atoms in total. The van der Waals surface area contributed by atoms with Crippen LogP contribution < -0.4 is 11.1 Å². The predicted molar refractivity (Wildman–Crippen MR) is 84.6 cm³/mol.